The molecule has 1 amide bonds. The van der Waals surface area contributed by atoms with Crippen molar-refractivity contribution in [1.82, 2.24) is 10.2 Å². The van der Waals surface area contributed by atoms with Gasteiger partial charge in [-0.25, -0.2) is 0 Å². The van der Waals surface area contributed by atoms with Gasteiger partial charge in [-0.15, -0.1) is 10.2 Å². The van der Waals surface area contributed by atoms with Crippen LogP contribution in [0.5, 0.6) is 0 Å². The lowest BCUT2D eigenvalue weighted by molar-refractivity contribution is -0.115. The maximum Gasteiger partial charge on any atom is 0.237 e. The number of benzene rings is 1. The van der Waals surface area contributed by atoms with E-state index < -0.39 is 0 Å². The molecule has 0 saturated heterocycles. The molecule has 1 aromatic carbocycles. The number of aromatic nitrogens is 2. The van der Waals surface area contributed by atoms with Crippen LogP contribution >= 0.6 is 57.9 Å². The van der Waals surface area contributed by atoms with Crippen molar-refractivity contribution in [3.8, 4) is 0 Å². The first-order chi connectivity index (χ1) is 11.4. The van der Waals surface area contributed by atoms with E-state index in [0.29, 0.717) is 26.8 Å². The number of carbonyl (C=O) groups excluding carboxylic acids is 1. The number of nitrogens with zero attached hydrogens (tertiary/aromatic N) is 2. The molecule has 0 radical (unpaired) electrons. The number of rotatable bonds is 6. The van der Waals surface area contributed by atoms with Crippen molar-refractivity contribution in [2.45, 2.75) is 35.4 Å². The lowest BCUT2D eigenvalue weighted by atomic mass is 10.3. The van der Waals surface area contributed by atoms with Gasteiger partial charge in [0.1, 0.15) is 0 Å². The van der Waals surface area contributed by atoms with Crippen LogP contribution < -0.4 is 10.6 Å². The Morgan fingerprint density at radius 1 is 1.25 bits per heavy atom. The zero-order valence-corrected chi connectivity index (χ0v) is 16.4. The fourth-order valence-electron chi connectivity index (χ4n) is 1.78. The van der Waals surface area contributed by atoms with Crippen molar-refractivity contribution in [3.05, 3.63) is 27.2 Å². The zero-order valence-electron chi connectivity index (χ0n) is 12.5. The molecule has 2 N–H and O–H groups in total. The van der Waals surface area contributed by atoms with Crippen LogP contribution in [0.25, 0.3) is 0 Å². The van der Waals surface area contributed by atoms with Crippen LogP contribution in [0.4, 0.5) is 10.8 Å². The summed E-state index contributed by atoms with van der Waals surface area (Å²) in [5.41, 5.74) is 0.428. The quantitative estimate of drug-likeness (QED) is 0.494. The van der Waals surface area contributed by atoms with Gasteiger partial charge in [0.15, 0.2) is 4.34 Å². The first kappa shape index (κ1) is 18.1. The number of hydrogen-bond donors (Lipinski definition) is 2. The molecule has 1 aromatic heterocycles. The Morgan fingerprint density at radius 2 is 1.96 bits per heavy atom. The van der Waals surface area contributed by atoms with Gasteiger partial charge in [0.25, 0.3) is 0 Å². The average molecular weight is 424 g/mol. The summed E-state index contributed by atoms with van der Waals surface area (Å²) in [6.07, 6.45) is 2.34. The monoisotopic (exact) mass is 422 g/mol. The Kier molecular flexibility index (Phi) is 5.77. The Morgan fingerprint density at radius 3 is 2.67 bits per heavy atom. The molecular formula is C14H13Cl3N4OS2. The number of hydrogen-bond acceptors (Lipinski definition) is 6. The van der Waals surface area contributed by atoms with Crippen LogP contribution in [0.1, 0.15) is 19.8 Å². The van der Waals surface area contributed by atoms with Gasteiger partial charge in [0.05, 0.1) is 26.0 Å². The minimum Gasteiger partial charge on any atom is -0.357 e. The molecular weight excluding hydrogens is 411 g/mol. The van der Waals surface area contributed by atoms with E-state index in [1.54, 1.807) is 6.92 Å². The highest BCUT2D eigenvalue weighted by atomic mass is 35.5. The normalized spacial score (nSPS) is 15.2. The Labute approximate surface area is 162 Å². The first-order valence-corrected chi connectivity index (χ1v) is 9.97. The van der Waals surface area contributed by atoms with Crippen LogP contribution in [0, 0.1) is 0 Å². The smallest absolute Gasteiger partial charge is 0.237 e. The molecule has 128 valence electrons. The predicted molar refractivity (Wildman–Crippen MR) is 102 cm³/mol. The van der Waals surface area contributed by atoms with E-state index in [1.807, 2.05) is 0 Å². The molecule has 1 saturated carbocycles. The summed E-state index contributed by atoms with van der Waals surface area (Å²) < 4.78 is 0.737. The van der Waals surface area contributed by atoms with E-state index in [-0.39, 0.29) is 11.2 Å². The minimum absolute atomic E-state index is 0.202. The van der Waals surface area contributed by atoms with Gasteiger partial charge >= 0.3 is 0 Å². The Hall–Kier alpha value is -0.730. The van der Waals surface area contributed by atoms with Crippen molar-refractivity contribution in [2.24, 2.45) is 0 Å². The minimum atomic E-state index is -0.364. The molecule has 0 bridgehead atoms. The SMILES string of the molecule is CC(Sc1nnc(NC2CC2)s1)C(=O)Nc1cc(Cl)c(Cl)cc1Cl. The fourth-order valence-corrected chi connectivity index (χ4v) is 4.34. The summed E-state index contributed by atoms with van der Waals surface area (Å²) in [6.45, 7) is 1.79. The highest BCUT2D eigenvalue weighted by Crippen LogP contribution is 2.34. The molecule has 1 atom stereocenters. The van der Waals surface area contributed by atoms with E-state index >= 15 is 0 Å². The summed E-state index contributed by atoms with van der Waals surface area (Å²) in [5.74, 6) is -0.202. The molecule has 1 fully saturated rings. The number of halogens is 3. The molecule has 2 aromatic rings. The van der Waals surface area contributed by atoms with Gasteiger partial charge in [-0.2, -0.15) is 0 Å². The van der Waals surface area contributed by atoms with Gasteiger partial charge in [-0.3, -0.25) is 4.79 Å². The van der Waals surface area contributed by atoms with Gasteiger partial charge in [-0.05, 0) is 31.9 Å². The molecule has 24 heavy (non-hydrogen) atoms. The number of nitrogens with one attached hydrogen (secondary N) is 2. The van der Waals surface area contributed by atoms with Crippen molar-refractivity contribution in [2.75, 3.05) is 10.6 Å². The van der Waals surface area contributed by atoms with E-state index in [2.05, 4.69) is 20.8 Å². The number of carbonyl (C=O) groups is 1. The van der Waals surface area contributed by atoms with Crippen LogP contribution in [0.2, 0.25) is 15.1 Å². The Balaban J connectivity index is 1.60. The lowest BCUT2D eigenvalue weighted by Gasteiger charge is -2.12. The predicted octanol–water partition coefficient (Wildman–Crippen LogP) is 5.19. The van der Waals surface area contributed by atoms with Crippen molar-refractivity contribution >= 4 is 74.6 Å². The molecule has 1 unspecified atom stereocenters. The molecule has 0 spiro atoms. The highest BCUT2D eigenvalue weighted by molar-refractivity contribution is 8.02. The summed E-state index contributed by atoms with van der Waals surface area (Å²) in [6, 6.07) is 3.55. The molecule has 1 aliphatic rings. The summed E-state index contributed by atoms with van der Waals surface area (Å²) in [5, 5.41) is 15.6. The third kappa shape index (κ3) is 4.67. The molecule has 3 rings (SSSR count). The number of anilines is 2. The first-order valence-electron chi connectivity index (χ1n) is 7.14. The van der Waals surface area contributed by atoms with E-state index in [9.17, 15) is 4.79 Å². The van der Waals surface area contributed by atoms with Gasteiger partial charge in [-0.1, -0.05) is 57.9 Å². The molecule has 1 heterocycles. The number of thioether (sulfide) groups is 1. The molecule has 10 heteroatoms. The largest absolute Gasteiger partial charge is 0.357 e. The van der Waals surface area contributed by atoms with Crippen LogP contribution in [-0.2, 0) is 4.79 Å². The number of amides is 1. The third-order valence-electron chi connectivity index (χ3n) is 3.23. The maximum absolute atomic E-state index is 12.3. The fraction of sp³-hybridized carbons (Fsp3) is 0.357. The van der Waals surface area contributed by atoms with E-state index in [0.717, 1.165) is 9.47 Å². The van der Waals surface area contributed by atoms with Crippen molar-refractivity contribution in [3.63, 3.8) is 0 Å². The lowest BCUT2D eigenvalue weighted by Crippen LogP contribution is -2.22. The topological polar surface area (TPSA) is 66.9 Å². The maximum atomic E-state index is 12.3. The van der Waals surface area contributed by atoms with Gasteiger partial charge in [0, 0.05) is 6.04 Å². The second kappa shape index (κ2) is 7.66. The second-order valence-electron chi connectivity index (χ2n) is 5.29. The standard InChI is InChI=1S/C14H13Cl3N4OS2/c1-6(23-14-21-20-13(24-14)18-7-2-3-7)12(22)19-11-5-9(16)8(15)4-10(11)17/h4-7H,2-3H2,1H3,(H,18,20)(H,19,22). The third-order valence-corrected chi connectivity index (χ3v) is 6.30. The highest BCUT2D eigenvalue weighted by Gasteiger charge is 2.23. The zero-order chi connectivity index (χ0) is 17.3. The van der Waals surface area contributed by atoms with Gasteiger partial charge in [0.2, 0.25) is 11.0 Å². The molecule has 1 aliphatic carbocycles. The average Bonchev–Trinajstić information content (AvgIpc) is 3.23. The van der Waals surface area contributed by atoms with Crippen LogP contribution in [0.15, 0.2) is 16.5 Å². The van der Waals surface area contributed by atoms with Crippen LogP contribution in [0.3, 0.4) is 0 Å². The summed E-state index contributed by atoms with van der Waals surface area (Å²) in [4.78, 5) is 12.3. The van der Waals surface area contributed by atoms with Crippen molar-refractivity contribution in [1.29, 1.82) is 0 Å². The van der Waals surface area contributed by atoms with Gasteiger partial charge < -0.3 is 10.6 Å². The van der Waals surface area contributed by atoms with E-state index in [1.165, 1.54) is 48.1 Å². The Bertz CT molecular complexity index is 766. The second-order valence-corrected chi connectivity index (χ2v) is 9.07. The molecule has 5 nitrogen and oxygen atoms in total. The molecule has 0 aliphatic heterocycles. The van der Waals surface area contributed by atoms with Crippen molar-refractivity contribution < 1.29 is 4.79 Å². The van der Waals surface area contributed by atoms with E-state index in [4.69, 9.17) is 34.8 Å². The summed E-state index contributed by atoms with van der Waals surface area (Å²) >= 11 is 20.7. The summed E-state index contributed by atoms with van der Waals surface area (Å²) in [7, 11) is 0. The van der Waals surface area contributed by atoms with Crippen LogP contribution in [-0.4, -0.2) is 27.4 Å².